The minimum Gasteiger partial charge on any atom is -0.468 e. The Balaban J connectivity index is 2.83. The third-order valence-corrected chi connectivity index (χ3v) is 1.86. The van der Waals surface area contributed by atoms with E-state index in [0.29, 0.717) is 6.54 Å². The van der Waals surface area contributed by atoms with Gasteiger partial charge in [-0.1, -0.05) is 13.0 Å². The average molecular weight is 194 g/mol. The van der Waals surface area contributed by atoms with Crippen LogP contribution in [0.2, 0.25) is 0 Å². The van der Waals surface area contributed by atoms with Crippen molar-refractivity contribution in [2.45, 2.75) is 13.0 Å². The Bertz CT molecular complexity index is 287. The largest absolute Gasteiger partial charge is 0.468 e. The van der Waals surface area contributed by atoms with Gasteiger partial charge in [0.2, 0.25) is 0 Å². The van der Waals surface area contributed by atoms with Crippen LogP contribution in [0.25, 0.3) is 0 Å². The number of carbonyl (C=O) groups is 1. The van der Waals surface area contributed by atoms with Crippen molar-refractivity contribution in [2.24, 2.45) is 0 Å². The molecule has 1 aromatic rings. The maximum absolute atomic E-state index is 11.4. The molecule has 1 aromatic heterocycles. The van der Waals surface area contributed by atoms with E-state index in [9.17, 15) is 4.79 Å². The first-order chi connectivity index (χ1) is 6.79. The second-order valence-electron chi connectivity index (χ2n) is 2.80. The molecule has 0 saturated heterocycles. The van der Waals surface area contributed by atoms with E-state index in [1.807, 2.05) is 13.0 Å². The van der Waals surface area contributed by atoms with Gasteiger partial charge in [0, 0.05) is 12.4 Å². The van der Waals surface area contributed by atoms with Crippen molar-refractivity contribution in [1.29, 1.82) is 0 Å². The van der Waals surface area contributed by atoms with Crippen molar-refractivity contribution in [3.63, 3.8) is 0 Å². The molecule has 1 N–H and O–H groups in total. The number of aromatic nitrogens is 1. The van der Waals surface area contributed by atoms with Gasteiger partial charge in [-0.25, -0.2) is 4.79 Å². The highest BCUT2D eigenvalue weighted by atomic mass is 16.5. The Morgan fingerprint density at radius 2 is 2.50 bits per heavy atom. The molecule has 0 fully saturated rings. The van der Waals surface area contributed by atoms with Crippen LogP contribution < -0.4 is 5.32 Å². The van der Waals surface area contributed by atoms with Gasteiger partial charge in [-0.3, -0.25) is 4.98 Å². The predicted octanol–water partition coefficient (Wildman–Crippen LogP) is 0.905. The zero-order valence-corrected chi connectivity index (χ0v) is 8.36. The number of hydrogen-bond donors (Lipinski definition) is 1. The highest BCUT2D eigenvalue weighted by Crippen LogP contribution is 2.12. The van der Waals surface area contributed by atoms with Gasteiger partial charge < -0.3 is 10.1 Å². The molecule has 0 spiro atoms. The molecule has 4 heteroatoms. The molecule has 0 aliphatic rings. The minimum absolute atomic E-state index is 0.292. The number of likely N-dealkylation sites (N-methyl/N-ethyl adjacent to an activating group) is 1. The normalized spacial score (nSPS) is 12.1. The van der Waals surface area contributed by atoms with Gasteiger partial charge in [-0.2, -0.15) is 0 Å². The molecular formula is C10H14N2O2. The fraction of sp³-hybridized carbons (Fsp3) is 0.400. The molecule has 76 valence electrons. The maximum Gasteiger partial charge on any atom is 0.327 e. The Kier molecular flexibility index (Phi) is 4.07. The van der Waals surface area contributed by atoms with Gasteiger partial charge in [0.15, 0.2) is 0 Å². The smallest absolute Gasteiger partial charge is 0.327 e. The first-order valence-electron chi connectivity index (χ1n) is 4.50. The molecule has 4 nitrogen and oxygen atoms in total. The van der Waals surface area contributed by atoms with Crippen molar-refractivity contribution in [3.05, 3.63) is 30.1 Å². The number of rotatable bonds is 4. The zero-order valence-electron chi connectivity index (χ0n) is 8.36. The van der Waals surface area contributed by atoms with E-state index in [-0.39, 0.29) is 5.97 Å². The number of ether oxygens (including phenoxy) is 1. The highest BCUT2D eigenvalue weighted by molar-refractivity contribution is 5.77. The molecule has 0 radical (unpaired) electrons. The van der Waals surface area contributed by atoms with Gasteiger partial charge >= 0.3 is 5.97 Å². The summed E-state index contributed by atoms with van der Waals surface area (Å²) in [5, 5.41) is 3.04. The molecule has 1 rings (SSSR count). The Morgan fingerprint density at radius 3 is 3.00 bits per heavy atom. The lowest BCUT2D eigenvalue weighted by Gasteiger charge is -2.14. The second-order valence-corrected chi connectivity index (χ2v) is 2.80. The third-order valence-electron chi connectivity index (χ3n) is 1.86. The lowest BCUT2D eigenvalue weighted by molar-refractivity contribution is -0.143. The predicted molar refractivity (Wildman–Crippen MR) is 52.7 cm³/mol. The number of methoxy groups -OCH3 is 1. The molecule has 0 aromatic carbocycles. The fourth-order valence-corrected chi connectivity index (χ4v) is 1.21. The van der Waals surface area contributed by atoms with Crippen LogP contribution in [0.5, 0.6) is 0 Å². The SMILES string of the molecule is CCNC(C(=O)OC)c1cccnc1. The average Bonchev–Trinajstić information content (AvgIpc) is 2.26. The number of hydrogen-bond acceptors (Lipinski definition) is 4. The van der Waals surface area contributed by atoms with E-state index in [1.54, 1.807) is 18.5 Å². The van der Waals surface area contributed by atoms with Crippen LogP contribution in [-0.2, 0) is 9.53 Å². The van der Waals surface area contributed by atoms with Crippen LogP contribution in [0.3, 0.4) is 0 Å². The standard InChI is InChI=1S/C10H14N2O2/c1-3-12-9(10(13)14-2)8-5-4-6-11-7-8/h4-7,9,12H,3H2,1-2H3. The third kappa shape index (κ3) is 2.53. The number of nitrogens with one attached hydrogen (secondary N) is 1. The fourth-order valence-electron chi connectivity index (χ4n) is 1.21. The van der Waals surface area contributed by atoms with Crippen molar-refractivity contribution >= 4 is 5.97 Å². The molecule has 0 aliphatic heterocycles. The summed E-state index contributed by atoms with van der Waals surface area (Å²) in [7, 11) is 1.38. The van der Waals surface area contributed by atoms with Gasteiger partial charge in [0.1, 0.15) is 6.04 Å². The van der Waals surface area contributed by atoms with Crippen LogP contribution in [0, 0.1) is 0 Å². The summed E-state index contributed by atoms with van der Waals surface area (Å²) in [6.07, 6.45) is 3.33. The number of nitrogens with zero attached hydrogens (tertiary/aromatic N) is 1. The van der Waals surface area contributed by atoms with Crippen LogP contribution in [0.1, 0.15) is 18.5 Å². The van der Waals surface area contributed by atoms with Crippen molar-refractivity contribution < 1.29 is 9.53 Å². The van der Waals surface area contributed by atoms with Crippen LogP contribution >= 0.6 is 0 Å². The Hall–Kier alpha value is -1.42. The molecule has 1 unspecified atom stereocenters. The molecule has 0 amide bonds. The van der Waals surface area contributed by atoms with Crippen LogP contribution in [0.4, 0.5) is 0 Å². The molecule has 0 aliphatic carbocycles. The first-order valence-corrected chi connectivity index (χ1v) is 4.50. The monoisotopic (exact) mass is 194 g/mol. The summed E-state index contributed by atoms with van der Waals surface area (Å²) < 4.78 is 4.69. The van der Waals surface area contributed by atoms with E-state index < -0.39 is 6.04 Å². The molecule has 0 bridgehead atoms. The zero-order chi connectivity index (χ0) is 10.4. The maximum atomic E-state index is 11.4. The van der Waals surface area contributed by atoms with Crippen molar-refractivity contribution in [3.8, 4) is 0 Å². The topological polar surface area (TPSA) is 51.2 Å². The summed E-state index contributed by atoms with van der Waals surface area (Å²) in [5.41, 5.74) is 0.821. The Morgan fingerprint density at radius 1 is 1.71 bits per heavy atom. The van der Waals surface area contributed by atoms with E-state index in [4.69, 9.17) is 4.74 Å². The van der Waals surface area contributed by atoms with Crippen LogP contribution in [-0.4, -0.2) is 24.6 Å². The van der Waals surface area contributed by atoms with E-state index >= 15 is 0 Å². The van der Waals surface area contributed by atoms with Crippen LogP contribution in [0.15, 0.2) is 24.5 Å². The number of pyridine rings is 1. The lowest BCUT2D eigenvalue weighted by atomic mass is 10.1. The van der Waals surface area contributed by atoms with E-state index in [1.165, 1.54) is 7.11 Å². The van der Waals surface area contributed by atoms with E-state index in [0.717, 1.165) is 5.56 Å². The van der Waals surface area contributed by atoms with Gasteiger partial charge in [-0.15, -0.1) is 0 Å². The van der Waals surface area contributed by atoms with E-state index in [2.05, 4.69) is 10.3 Å². The summed E-state index contributed by atoms with van der Waals surface area (Å²) in [6, 6.07) is 3.22. The Labute approximate surface area is 83.3 Å². The summed E-state index contributed by atoms with van der Waals surface area (Å²) in [4.78, 5) is 15.3. The van der Waals surface area contributed by atoms with Gasteiger partial charge in [0.25, 0.3) is 0 Å². The number of carbonyl (C=O) groups excluding carboxylic acids is 1. The molecule has 1 heterocycles. The number of esters is 1. The minimum atomic E-state index is -0.418. The summed E-state index contributed by atoms with van der Waals surface area (Å²) in [5.74, 6) is -0.292. The molecule has 0 saturated carbocycles. The summed E-state index contributed by atoms with van der Waals surface area (Å²) >= 11 is 0. The van der Waals surface area contributed by atoms with Gasteiger partial charge in [0.05, 0.1) is 7.11 Å². The first kappa shape index (κ1) is 10.7. The molecular weight excluding hydrogens is 180 g/mol. The van der Waals surface area contributed by atoms with Crippen molar-refractivity contribution in [2.75, 3.05) is 13.7 Å². The van der Waals surface area contributed by atoms with Crippen molar-refractivity contribution in [1.82, 2.24) is 10.3 Å². The quantitative estimate of drug-likeness (QED) is 0.724. The lowest BCUT2D eigenvalue weighted by Crippen LogP contribution is -2.29. The summed E-state index contributed by atoms with van der Waals surface area (Å²) in [6.45, 7) is 2.64. The molecule has 1 atom stereocenters. The van der Waals surface area contributed by atoms with Gasteiger partial charge in [-0.05, 0) is 18.2 Å². The second kappa shape index (κ2) is 5.34. The highest BCUT2D eigenvalue weighted by Gasteiger charge is 2.19. The molecule has 14 heavy (non-hydrogen) atoms.